The molecular weight excluding hydrogens is 330 g/mol. The first kappa shape index (κ1) is 23.3. The summed E-state index contributed by atoms with van der Waals surface area (Å²) in [6, 6.07) is 0. The second-order valence-electron chi connectivity index (χ2n) is 7.88. The lowest BCUT2D eigenvalue weighted by atomic mass is 9.97. The van der Waals surface area contributed by atoms with E-state index in [1.54, 1.807) is 0 Å². The third-order valence-electron chi connectivity index (χ3n) is 5.02. The maximum atomic E-state index is 4.86. The molecule has 0 aromatic heterocycles. The molecule has 1 rings (SSSR count). The van der Waals surface area contributed by atoms with Gasteiger partial charge in [-0.2, -0.15) is 0 Å². The van der Waals surface area contributed by atoms with Gasteiger partial charge in [-0.1, -0.05) is 40.0 Å². The topological polar surface area (TPSA) is 18.8 Å². The van der Waals surface area contributed by atoms with Crippen LogP contribution in [-0.4, -0.2) is 41.8 Å². The van der Waals surface area contributed by atoms with Crippen LogP contribution in [0.25, 0.3) is 0 Å². The van der Waals surface area contributed by atoms with Crippen LogP contribution in [-0.2, 0) is 0 Å². The van der Waals surface area contributed by atoms with E-state index < -0.39 is 0 Å². The van der Waals surface area contributed by atoms with Crippen LogP contribution in [0.3, 0.4) is 0 Å². The molecule has 1 saturated heterocycles. The lowest BCUT2D eigenvalue weighted by molar-refractivity contribution is 0.280. The Morgan fingerprint density at radius 2 is 1.67 bits per heavy atom. The number of rotatable bonds is 9. The molecule has 0 unspecified atom stereocenters. The summed E-state index contributed by atoms with van der Waals surface area (Å²) in [6.45, 7) is 25.6. The number of allylic oxidation sites excluding steroid dienone is 3. The smallest absolute Gasteiger partial charge is 0.136 e. The quantitative estimate of drug-likeness (QED) is 0.274. The Morgan fingerprint density at radius 3 is 2.07 bits per heavy atom. The maximum Gasteiger partial charge on any atom is 0.136 e. The summed E-state index contributed by atoms with van der Waals surface area (Å²) in [6.07, 6.45) is 9.22. The molecule has 0 radical (unpaired) electrons. The van der Waals surface area contributed by atoms with Crippen molar-refractivity contribution in [3.63, 3.8) is 0 Å². The van der Waals surface area contributed by atoms with Crippen molar-refractivity contribution >= 4 is 5.84 Å². The van der Waals surface area contributed by atoms with E-state index in [0.717, 1.165) is 67.6 Å². The monoisotopic (exact) mass is 371 g/mol. The van der Waals surface area contributed by atoms with Crippen LogP contribution in [0, 0.1) is 5.92 Å². The van der Waals surface area contributed by atoms with E-state index >= 15 is 0 Å². The van der Waals surface area contributed by atoms with Crippen molar-refractivity contribution in [1.29, 1.82) is 0 Å². The van der Waals surface area contributed by atoms with Gasteiger partial charge in [0.2, 0.25) is 0 Å². The van der Waals surface area contributed by atoms with E-state index in [0.29, 0.717) is 0 Å². The number of aliphatic imine (C=N–C) groups is 1. The van der Waals surface area contributed by atoms with Crippen molar-refractivity contribution < 1.29 is 0 Å². The molecule has 0 atom stereocenters. The Kier molecular flexibility index (Phi) is 10.2. The molecule has 0 bridgehead atoms. The summed E-state index contributed by atoms with van der Waals surface area (Å²) in [4.78, 5) is 9.75. The molecular formula is C24H41N3. The summed E-state index contributed by atoms with van der Waals surface area (Å²) in [5, 5.41) is 0. The molecule has 0 spiro atoms. The van der Waals surface area contributed by atoms with E-state index in [-0.39, 0.29) is 0 Å². The molecule has 0 amide bonds. The third-order valence-corrected chi connectivity index (χ3v) is 5.02. The Hall–Kier alpha value is -1.77. The van der Waals surface area contributed by atoms with Gasteiger partial charge >= 0.3 is 0 Å². The minimum atomic E-state index is 0.792. The second kappa shape index (κ2) is 11.8. The molecule has 3 nitrogen and oxygen atoms in total. The minimum absolute atomic E-state index is 0.792. The lowest BCUT2D eigenvalue weighted by Crippen LogP contribution is -2.39. The fourth-order valence-corrected chi connectivity index (χ4v) is 3.50. The van der Waals surface area contributed by atoms with Gasteiger partial charge in [0.25, 0.3) is 0 Å². The van der Waals surface area contributed by atoms with E-state index in [9.17, 15) is 0 Å². The lowest BCUT2D eigenvalue weighted by Gasteiger charge is -2.34. The van der Waals surface area contributed by atoms with Crippen molar-refractivity contribution in [2.24, 2.45) is 10.9 Å². The van der Waals surface area contributed by atoms with Crippen LogP contribution < -0.4 is 0 Å². The van der Waals surface area contributed by atoms with Gasteiger partial charge in [-0.3, -0.25) is 0 Å². The van der Waals surface area contributed by atoms with Gasteiger partial charge in [0, 0.05) is 43.1 Å². The van der Waals surface area contributed by atoms with Gasteiger partial charge < -0.3 is 9.80 Å². The van der Waals surface area contributed by atoms with Gasteiger partial charge in [0.15, 0.2) is 0 Å². The summed E-state index contributed by atoms with van der Waals surface area (Å²) in [5.41, 5.74) is 4.30. The average molecular weight is 372 g/mol. The van der Waals surface area contributed by atoms with E-state index in [4.69, 9.17) is 4.99 Å². The third kappa shape index (κ3) is 7.40. The number of hydrogen-bond donors (Lipinski definition) is 0. The molecule has 1 aliphatic rings. The Bertz CT molecular complexity index is 581. The fraction of sp³-hybridized carbons (Fsp3) is 0.625. The van der Waals surface area contributed by atoms with Crippen LogP contribution in [0.1, 0.15) is 67.2 Å². The summed E-state index contributed by atoms with van der Waals surface area (Å²) in [7, 11) is 0. The summed E-state index contributed by atoms with van der Waals surface area (Å²) < 4.78 is 0. The predicted octanol–water partition coefficient (Wildman–Crippen LogP) is 6.18. The summed E-state index contributed by atoms with van der Waals surface area (Å²) >= 11 is 0. The highest BCUT2D eigenvalue weighted by Crippen LogP contribution is 2.24. The summed E-state index contributed by atoms with van der Waals surface area (Å²) in [5.74, 6) is 1.83. The van der Waals surface area contributed by atoms with Crippen LogP contribution in [0.15, 0.2) is 52.8 Å². The molecule has 0 saturated carbocycles. The molecule has 1 heterocycles. The molecule has 0 aromatic rings. The van der Waals surface area contributed by atoms with Crippen molar-refractivity contribution in [3.05, 3.63) is 47.9 Å². The Labute approximate surface area is 168 Å². The highest BCUT2D eigenvalue weighted by molar-refractivity contribution is 6.03. The van der Waals surface area contributed by atoms with Crippen molar-refractivity contribution in [2.45, 2.75) is 67.2 Å². The van der Waals surface area contributed by atoms with Crippen LogP contribution in [0.2, 0.25) is 0 Å². The molecule has 0 N–H and O–H groups in total. The normalized spacial score (nSPS) is 17.3. The molecule has 152 valence electrons. The highest BCUT2D eigenvalue weighted by Gasteiger charge is 2.22. The first-order valence-electron chi connectivity index (χ1n) is 10.6. The predicted molar refractivity (Wildman–Crippen MR) is 121 cm³/mol. The maximum absolute atomic E-state index is 4.86. The molecule has 0 aliphatic carbocycles. The van der Waals surface area contributed by atoms with Gasteiger partial charge in [-0.05, 0) is 64.0 Å². The zero-order valence-electron chi connectivity index (χ0n) is 18.6. The van der Waals surface area contributed by atoms with Crippen molar-refractivity contribution in [2.75, 3.05) is 26.2 Å². The first-order chi connectivity index (χ1) is 12.8. The van der Waals surface area contributed by atoms with Crippen LogP contribution in [0.4, 0.5) is 0 Å². The van der Waals surface area contributed by atoms with Crippen LogP contribution >= 0.6 is 0 Å². The Morgan fingerprint density at radius 1 is 1.11 bits per heavy atom. The SMILES string of the molecule is C=C(C)N=C(/C(=C/C(=C\C)N(CCC)CCC)C(=C)C)N1CCC(C)CC1. The van der Waals surface area contributed by atoms with Gasteiger partial charge in [0.1, 0.15) is 5.84 Å². The highest BCUT2D eigenvalue weighted by atomic mass is 15.2. The number of likely N-dealkylation sites (tertiary alicyclic amines) is 1. The number of piperidine rings is 1. The zero-order chi connectivity index (χ0) is 20.4. The molecule has 0 aromatic carbocycles. The van der Waals surface area contributed by atoms with Gasteiger partial charge in [-0.15, -0.1) is 0 Å². The molecule has 3 heteroatoms. The van der Waals surface area contributed by atoms with Gasteiger partial charge in [0.05, 0.1) is 0 Å². The van der Waals surface area contributed by atoms with E-state index in [1.165, 1.54) is 18.5 Å². The number of nitrogens with zero attached hydrogens (tertiary/aromatic N) is 3. The largest absolute Gasteiger partial charge is 0.372 e. The van der Waals surface area contributed by atoms with Crippen LogP contribution in [0.5, 0.6) is 0 Å². The Balaban J connectivity index is 3.32. The second-order valence-corrected chi connectivity index (χ2v) is 7.88. The number of amidine groups is 1. The fourth-order valence-electron chi connectivity index (χ4n) is 3.50. The van der Waals surface area contributed by atoms with Crippen molar-refractivity contribution in [1.82, 2.24) is 9.80 Å². The van der Waals surface area contributed by atoms with E-state index in [2.05, 4.69) is 69.7 Å². The van der Waals surface area contributed by atoms with Gasteiger partial charge in [-0.25, -0.2) is 4.99 Å². The first-order valence-corrected chi connectivity index (χ1v) is 10.6. The minimum Gasteiger partial charge on any atom is -0.372 e. The van der Waals surface area contributed by atoms with Crippen molar-refractivity contribution in [3.8, 4) is 0 Å². The molecule has 1 fully saturated rings. The molecule has 1 aliphatic heterocycles. The number of hydrogen-bond acceptors (Lipinski definition) is 2. The molecule has 27 heavy (non-hydrogen) atoms. The zero-order valence-corrected chi connectivity index (χ0v) is 18.6. The van der Waals surface area contributed by atoms with E-state index in [1.807, 2.05) is 6.92 Å². The average Bonchev–Trinajstić information content (AvgIpc) is 2.61. The standard InChI is InChI=1S/C24H41N3/c1-9-14-26(15-10-2)22(11-3)18-23(19(4)5)24(25-20(6)7)27-16-12-21(8)13-17-27/h11,18,21H,4,6,9-10,12-17H2,1-3,5,7-8H3/b22-11+,23-18+,25-24?.